The lowest BCUT2D eigenvalue weighted by Gasteiger charge is -2.46. The van der Waals surface area contributed by atoms with Gasteiger partial charge in [0.05, 0.1) is 33.1 Å². The molecule has 0 aliphatic carbocycles. The van der Waals surface area contributed by atoms with E-state index in [0.717, 1.165) is 0 Å². The van der Waals surface area contributed by atoms with Crippen LogP contribution in [0, 0.1) is 0 Å². The molecule has 9 heteroatoms. The average Bonchev–Trinajstić information content (AvgIpc) is 2.50. The quantitative estimate of drug-likeness (QED) is 0.296. The zero-order valence-electron chi connectivity index (χ0n) is 19.9. The summed E-state index contributed by atoms with van der Waals surface area (Å²) in [7, 11) is -1.94. The van der Waals surface area contributed by atoms with E-state index >= 15 is 0 Å². The molecule has 0 saturated heterocycles. The van der Waals surface area contributed by atoms with Gasteiger partial charge in [-0.3, -0.25) is 9.59 Å². The van der Waals surface area contributed by atoms with E-state index in [1.165, 1.54) is 19.4 Å². The fourth-order valence-electron chi connectivity index (χ4n) is 1.66. The first-order chi connectivity index (χ1) is 12.4. The van der Waals surface area contributed by atoms with Gasteiger partial charge in [0.15, 0.2) is 0 Å². The molecule has 0 spiro atoms. The van der Waals surface area contributed by atoms with Crippen LogP contribution in [0.15, 0.2) is 0 Å². The fourth-order valence-corrected chi connectivity index (χ4v) is 3.56. The molecule has 0 unspecified atom stereocenters. The van der Waals surface area contributed by atoms with Crippen LogP contribution in [0.3, 0.4) is 0 Å². The average molecular weight is 436 g/mol. The second-order valence-electron chi connectivity index (χ2n) is 10.2. The minimum Gasteiger partial charge on any atom is -0.469 e. The molecule has 0 radical (unpaired) electrons. The third-order valence-electron chi connectivity index (χ3n) is 5.81. The molecule has 0 saturated carbocycles. The lowest BCUT2D eigenvalue weighted by atomic mass is 10.1. The summed E-state index contributed by atoms with van der Waals surface area (Å²) in [4.78, 5) is 24.1. The van der Waals surface area contributed by atoms with Crippen molar-refractivity contribution in [1.29, 1.82) is 0 Å². The highest BCUT2D eigenvalue weighted by molar-refractivity contribution is 6.74. The van der Waals surface area contributed by atoms with Crippen molar-refractivity contribution in [2.45, 2.75) is 96.7 Å². The maximum Gasteiger partial charge on any atom is 0.307 e. The first kappa shape index (κ1) is 27.3. The smallest absolute Gasteiger partial charge is 0.307 e. The standard InChI is InChI=1S/C19H41NO6Si2/c1-18(2,3)27(9,10)25-20(26-28(11,12)19(4,5)6)15(13-16(21)23-7)14-17(22)24-8/h15H,13-14H2,1-12H3. The Morgan fingerprint density at radius 3 is 1.25 bits per heavy atom. The van der Waals surface area contributed by atoms with Crippen LogP contribution in [0.2, 0.25) is 36.3 Å². The molecule has 166 valence electrons. The third-order valence-corrected chi connectivity index (χ3v) is 14.3. The van der Waals surface area contributed by atoms with Crippen molar-refractivity contribution >= 4 is 28.6 Å². The number of carbonyl (C=O) groups is 2. The van der Waals surface area contributed by atoms with E-state index in [2.05, 4.69) is 67.7 Å². The first-order valence-corrected chi connectivity index (χ1v) is 15.5. The molecule has 7 nitrogen and oxygen atoms in total. The van der Waals surface area contributed by atoms with Gasteiger partial charge in [0.1, 0.15) is 0 Å². The SMILES string of the molecule is COC(=O)CC(CC(=O)OC)N(O[Si](C)(C)C(C)(C)C)O[Si](C)(C)C(C)(C)C. The number of ether oxygens (including phenoxy) is 2. The van der Waals surface area contributed by atoms with Crippen molar-refractivity contribution in [2.24, 2.45) is 0 Å². The van der Waals surface area contributed by atoms with Crippen LogP contribution in [-0.4, -0.2) is 54.1 Å². The van der Waals surface area contributed by atoms with Crippen molar-refractivity contribution in [3.8, 4) is 0 Å². The molecule has 0 N–H and O–H groups in total. The summed E-state index contributed by atoms with van der Waals surface area (Å²) < 4.78 is 22.6. The maximum absolute atomic E-state index is 12.0. The fraction of sp³-hybridized carbons (Fsp3) is 0.895. The normalized spacial score (nSPS) is 13.8. The van der Waals surface area contributed by atoms with Gasteiger partial charge < -0.3 is 18.5 Å². The number of carbonyl (C=O) groups excluding carboxylic acids is 2. The van der Waals surface area contributed by atoms with Gasteiger partial charge in [0.2, 0.25) is 16.6 Å². The monoisotopic (exact) mass is 435 g/mol. The van der Waals surface area contributed by atoms with Crippen molar-refractivity contribution < 1.29 is 28.1 Å². The molecule has 28 heavy (non-hydrogen) atoms. The summed E-state index contributed by atoms with van der Waals surface area (Å²) in [6.45, 7) is 21.1. The molecule has 0 aliphatic heterocycles. The van der Waals surface area contributed by atoms with Gasteiger partial charge in [-0.1, -0.05) is 46.8 Å². The number of hydroxylamine groups is 2. The zero-order valence-corrected chi connectivity index (χ0v) is 21.9. The number of hydrogen-bond acceptors (Lipinski definition) is 7. The Morgan fingerprint density at radius 1 is 0.750 bits per heavy atom. The molecular formula is C19H41NO6Si2. The predicted molar refractivity (Wildman–Crippen MR) is 115 cm³/mol. The maximum atomic E-state index is 12.0. The van der Waals surface area contributed by atoms with Crippen LogP contribution in [0.4, 0.5) is 0 Å². The van der Waals surface area contributed by atoms with E-state index < -0.39 is 34.6 Å². The van der Waals surface area contributed by atoms with Crippen LogP contribution in [-0.2, 0) is 28.1 Å². The number of rotatable bonds is 9. The summed E-state index contributed by atoms with van der Waals surface area (Å²) in [6, 6.07) is -0.636. The Labute approximate surface area is 173 Å². The topological polar surface area (TPSA) is 74.3 Å². The van der Waals surface area contributed by atoms with Crippen LogP contribution >= 0.6 is 0 Å². The molecule has 0 atom stereocenters. The van der Waals surface area contributed by atoms with E-state index in [-0.39, 0.29) is 22.9 Å². The molecule has 0 aromatic rings. The Balaban J connectivity index is 6.03. The van der Waals surface area contributed by atoms with Gasteiger partial charge in [-0.15, -0.1) is 0 Å². The summed E-state index contributed by atoms with van der Waals surface area (Å²) in [5, 5.41) is 1.27. The van der Waals surface area contributed by atoms with E-state index in [0.29, 0.717) is 0 Å². The summed E-state index contributed by atoms with van der Waals surface area (Å²) in [5.74, 6) is -0.867. The van der Waals surface area contributed by atoms with Gasteiger partial charge in [-0.25, -0.2) is 0 Å². The van der Waals surface area contributed by atoms with Crippen molar-refractivity contribution in [1.82, 2.24) is 5.23 Å². The third kappa shape index (κ3) is 7.94. The molecule has 0 aromatic carbocycles. The van der Waals surface area contributed by atoms with E-state index in [9.17, 15) is 9.59 Å². The Kier molecular flexibility index (Phi) is 9.58. The first-order valence-electron chi connectivity index (χ1n) is 9.69. The van der Waals surface area contributed by atoms with E-state index in [1.54, 1.807) is 0 Å². The molecular weight excluding hydrogens is 394 g/mol. The van der Waals surface area contributed by atoms with Crippen LogP contribution < -0.4 is 0 Å². The highest BCUT2D eigenvalue weighted by Crippen LogP contribution is 2.41. The minimum absolute atomic E-state index is 0.0329. The summed E-state index contributed by atoms with van der Waals surface area (Å²) >= 11 is 0. The molecule has 0 bridgehead atoms. The largest absolute Gasteiger partial charge is 0.469 e. The molecule has 0 fully saturated rings. The van der Waals surface area contributed by atoms with Crippen LogP contribution in [0.5, 0.6) is 0 Å². The van der Waals surface area contributed by atoms with Gasteiger partial charge in [0.25, 0.3) is 0 Å². The number of esters is 2. The molecule has 0 aliphatic rings. The summed E-state index contributed by atoms with van der Waals surface area (Å²) in [6.07, 6.45) is -0.0658. The van der Waals surface area contributed by atoms with Gasteiger partial charge in [-0.05, 0) is 36.3 Å². The Bertz CT molecular complexity index is 492. The highest BCUT2D eigenvalue weighted by Gasteiger charge is 2.46. The second kappa shape index (κ2) is 9.84. The number of nitrogens with zero attached hydrogens (tertiary/aromatic N) is 1. The molecule has 0 heterocycles. The summed E-state index contributed by atoms with van der Waals surface area (Å²) in [5.41, 5.74) is 0. The number of hydrogen-bond donors (Lipinski definition) is 0. The van der Waals surface area contributed by atoms with Crippen molar-refractivity contribution in [2.75, 3.05) is 14.2 Å². The minimum atomic E-state index is -2.29. The van der Waals surface area contributed by atoms with E-state index in [4.69, 9.17) is 18.5 Å². The van der Waals surface area contributed by atoms with Crippen molar-refractivity contribution in [3.63, 3.8) is 0 Å². The highest BCUT2D eigenvalue weighted by atomic mass is 28.4. The van der Waals surface area contributed by atoms with Crippen LogP contribution in [0.1, 0.15) is 54.4 Å². The zero-order chi connectivity index (χ0) is 22.6. The van der Waals surface area contributed by atoms with E-state index in [1.807, 2.05) is 0 Å². The lowest BCUT2D eigenvalue weighted by Crippen LogP contribution is -2.56. The van der Waals surface area contributed by atoms with Crippen molar-refractivity contribution in [3.05, 3.63) is 0 Å². The molecule has 0 rings (SSSR count). The Hall–Kier alpha value is -0.746. The van der Waals surface area contributed by atoms with Gasteiger partial charge in [-0.2, -0.15) is 0 Å². The van der Waals surface area contributed by atoms with Gasteiger partial charge >= 0.3 is 11.9 Å². The second-order valence-corrected chi connectivity index (χ2v) is 19.6. The van der Waals surface area contributed by atoms with Crippen LogP contribution in [0.25, 0.3) is 0 Å². The Morgan fingerprint density at radius 2 is 1.04 bits per heavy atom. The predicted octanol–water partition coefficient (Wildman–Crippen LogP) is 4.66. The number of methoxy groups -OCH3 is 2. The van der Waals surface area contributed by atoms with Gasteiger partial charge in [0, 0.05) is 0 Å². The lowest BCUT2D eigenvalue weighted by molar-refractivity contribution is -0.302. The molecule has 0 aromatic heterocycles. The molecule has 0 amide bonds.